The van der Waals surface area contributed by atoms with E-state index in [1.54, 1.807) is 11.8 Å². The second-order valence-corrected chi connectivity index (χ2v) is 5.29. The van der Waals surface area contributed by atoms with E-state index in [1.165, 1.54) is 12.8 Å². The van der Waals surface area contributed by atoms with Crippen LogP contribution in [0.4, 0.5) is 0 Å². The second kappa shape index (κ2) is 4.47. The zero-order valence-electron chi connectivity index (χ0n) is 8.98. The number of para-hydroxylation sites is 2. The Morgan fingerprint density at radius 3 is 3.12 bits per heavy atom. The first-order valence-corrected chi connectivity index (χ1v) is 6.53. The van der Waals surface area contributed by atoms with Gasteiger partial charge in [0.25, 0.3) is 5.22 Å². The summed E-state index contributed by atoms with van der Waals surface area (Å²) < 4.78 is 5.69. The van der Waals surface area contributed by atoms with Crippen molar-refractivity contribution in [2.45, 2.75) is 23.3 Å². The van der Waals surface area contributed by atoms with Gasteiger partial charge in [-0.2, -0.15) is 0 Å². The van der Waals surface area contributed by atoms with Crippen LogP contribution in [0.3, 0.4) is 0 Å². The third-order valence-electron chi connectivity index (χ3n) is 2.79. The lowest BCUT2D eigenvalue weighted by Gasteiger charge is -2.20. The molecule has 0 spiro atoms. The van der Waals surface area contributed by atoms with Gasteiger partial charge in [-0.1, -0.05) is 23.9 Å². The molecular formula is C12H14N2OS. The molecule has 0 aliphatic carbocycles. The monoisotopic (exact) mass is 234 g/mol. The number of hydrogen-bond donors (Lipinski definition) is 1. The lowest BCUT2D eigenvalue weighted by atomic mass is 10.2. The summed E-state index contributed by atoms with van der Waals surface area (Å²) >= 11 is 1.75. The van der Waals surface area contributed by atoms with Gasteiger partial charge in [0.2, 0.25) is 0 Å². The molecule has 3 rings (SSSR count). The van der Waals surface area contributed by atoms with Crippen molar-refractivity contribution in [3.63, 3.8) is 0 Å². The average Bonchev–Trinajstić information content (AvgIpc) is 2.72. The van der Waals surface area contributed by atoms with Gasteiger partial charge in [-0.05, 0) is 31.5 Å². The summed E-state index contributed by atoms with van der Waals surface area (Å²) in [6.45, 7) is 2.20. The molecule has 1 N–H and O–H groups in total. The van der Waals surface area contributed by atoms with Crippen LogP contribution in [0.25, 0.3) is 11.1 Å². The number of oxazole rings is 1. The summed E-state index contributed by atoms with van der Waals surface area (Å²) in [5.41, 5.74) is 1.84. The molecule has 1 saturated heterocycles. The molecule has 0 saturated carbocycles. The molecule has 3 nitrogen and oxygen atoms in total. The van der Waals surface area contributed by atoms with Gasteiger partial charge in [0.1, 0.15) is 5.52 Å². The zero-order valence-corrected chi connectivity index (χ0v) is 9.80. The normalized spacial score (nSPS) is 21.4. The second-order valence-electron chi connectivity index (χ2n) is 4.03. The van der Waals surface area contributed by atoms with Gasteiger partial charge >= 0.3 is 0 Å². The van der Waals surface area contributed by atoms with Crippen LogP contribution in [0.5, 0.6) is 0 Å². The molecule has 16 heavy (non-hydrogen) atoms. The molecular weight excluding hydrogens is 220 g/mol. The predicted molar refractivity (Wildman–Crippen MR) is 65.8 cm³/mol. The highest BCUT2D eigenvalue weighted by Gasteiger charge is 2.17. The number of hydrogen-bond acceptors (Lipinski definition) is 4. The van der Waals surface area contributed by atoms with E-state index in [9.17, 15) is 0 Å². The number of nitrogens with one attached hydrogen (secondary N) is 1. The van der Waals surface area contributed by atoms with Crippen molar-refractivity contribution in [3.05, 3.63) is 24.3 Å². The fraction of sp³-hybridized carbons (Fsp3) is 0.417. The Morgan fingerprint density at radius 2 is 2.31 bits per heavy atom. The number of piperidine rings is 1. The number of nitrogens with zero attached hydrogens (tertiary/aromatic N) is 1. The minimum absolute atomic E-state index is 0.599. The van der Waals surface area contributed by atoms with E-state index < -0.39 is 0 Å². The summed E-state index contributed by atoms with van der Waals surface area (Å²) in [6, 6.07) is 7.92. The largest absolute Gasteiger partial charge is 0.431 e. The Morgan fingerprint density at radius 1 is 1.38 bits per heavy atom. The maximum Gasteiger partial charge on any atom is 0.257 e. The van der Waals surface area contributed by atoms with Gasteiger partial charge in [0.15, 0.2) is 5.58 Å². The van der Waals surface area contributed by atoms with Crippen LogP contribution in [-0.4, -0.2) is 23.3 Å². The number of rotatable bonds is 2. The maximum atomic E-state index is 5.69. The van der Waals surface area contributed by atoms with Gasteiger partial charge in [-0.25, -0.2) is 4.98 Å². The minimum Gasteiger partial charge on any atom is -0.431 e. The van der Waals surface area contributed by atoms with Crippen LogP contribution in [-0.2, 0) is 0 Å². The highest BCUT2D eigenvalue weighted by atomic mass is 32.2. The highest BCUT2D eigenvalue weighted by molar-refractivity contribution is 7.99. The summed E-state index contributed by atoms with van der Waals surface area (Å²) in [4.78, 5) is 4.48. The van der Waals surface area contributed by atoms with Crippen LogP contribution in [0, 0.1) is 0 Å². The topological polar surface area (TPSA) is 38.1 Å². The fourth-order valence-electron chi connectivity index (χ4n) is 1.96. The SMILES string of the molecule is c1ccc2oc(SC3CCCNC3)nc2c1. The van der Waals surface area contributed by atoms with Gasteiger partial charge in [0.05, 0.1) is 0 Å². The van der Waals surface area contributed by atoms with Crippen LogP contribution in [0.15, 0.2) is 33.9 Å². The highest BCUT2D eigenvalue weighted by Crippen LogP contribution is 2.29. The minimum atomic E-state index is 0.599. The first-order chi connectivity index (χ1) is 7.92. The molecule has 2 heterocycles. The third kappa shape index (κ3) is 2.08. The van der Waals surface area contributed by atoms with E-state index in [4.69, 9.17) is 4.42 Å². The quantitative estimate of drug-likeness (QED) is 0.867. The molecule has 1 aliphatic heterocycles. The molecule has 1 aromatic carbocycles. The zero-order chi connectivity index (χ0) is 10.8. The summed E-state index contributed by atoms with van der Waals surface area (Å²) in [5, 5.41) is 4.80. The number of aromatic nitrogens is 1. The molecule has 1 atom stereocenters. The van der Waals surface area contributed by atoms with E-state index >= 15 is 0 Å². The van der Waals surface area contributed by atoms with Crippen LogP contribution < -0.4 is 5.32 Å². The molecule has 1 unspecified atom stereocenters. The van der Waals surface area contributed by atoms with Gasteiger partial charge in [0, 0.05) is 11.8 Å². The van der Waals surface area contributed by atoms with E-state index in [2.05, 4.69) is 10.3 Å². The Hall–Kier alpha value is -1.00. The molecule has 4 heteroatoms. The van der Waals surface area contributed by atoms with E-state index in [1.807, 2.05) is 24.3 Å². The van der Waals surface area contributed by atoms with Crippen LogP contribution >= 0.6 is 11.8 Å². The molecule has 1 aliphatic rings. The number of thioether (sulfide) groups is 1. The fourth-order valence-corrected chi connectivity index (χ4v) is 3.02. The Labute approximate surface area is 98.6 Å². The van der Waals surface area contributed by atoms with Crippen molar-refractivity contribution < 1.29 is 4.42 Å². The van der Waals surface area contributed by atoms with Crippen molar-refractivity contribution in [1.82, 2.24) is 10.3 Å². The van der Waals surface area contributed by atoms with Crippen molar-refractivity contribution >= 4 is 22.9 Å². The maximum absolute atomic E-state index is 5.69. The summed E-state index contributed by atoms with van der Waals surface area (Å²) in [6.07, 6.45) is 2.49. The van der Waals surface area contributed by atoms with Crippen LogP contribution in [0.1, 0.15) is 12.8 Å². The lowest BCUT2D eigenvalue weighted by Crippen LogP contribution is -2.31. The first kappa shape index (κ1) is 10.2. The summed E-state index contributed by atoms with van der Waals surface area (Å²) in [5.74, 6) is 0. The van der Waals surface area contributed by atoms with Gasteiger partial charge in [-0.3, -0.25) is 0 Å². The number of fused-ring (bicyclic) bond motifs is 1. The third-order valence-corrected chi connectivity index (χ3v) is 3.91. The lowest BCUT2D eigenvalue weighted by molar-refractivity contribution is 0.480. The van der Waals surface area contributed by atoms with Crippen molar-refractivity contribution in [1.29, 1.82) is 0 Å². The van der Waals surface area contributed by atoms with Crippen molar-refractivity contribution in [2.24, 2.45) is 0 Å². The molecule has 0 bridgehead atoms. The van der Waals surface area contributed by atoms with Crippen molar-refractivity contribution in [3.8, 4) is 0 Å². The van der Waals surface area contributed by atoms with E-state index in [0.29, 0.717) is 5.25 Å². The Bertz CT molecular complexity index is 444. The Kier molecular flexibility index (Phi) is 2.84. The molecule has 0 radical (unpaired) electrons. The van der Waals surface area contributed by atoms with Crippen LogP contribution in [0.2, 0.25) is 0 Å². The molecule has 0 amide bonds. The predicted octanol–water partition coefficient (Wildman–Crippen LogP) is 2.67. The van der Waals surface area contributed by atoms with E-state index in [-0.39, 0.29) is 0 Å². The average molecular weight is 234 g/mol. The molecule has 1 aromatic heterocycles. The Balaban J connectivity index is 1.78. The van der Waals surface area contributed by atoms with Gasteiger partial charge in [-0.15, -0.1) is 0 Å². The van der Waals surface area contributed by atoms with E-state index in [0.717, 1.165) is 29.4 Å². The van der Waals surface area contributed by atoms with Crippen molar-refractivity contribution in [2.75, 3.05) is 13.1 Å². The smallest absolute Gasteiger partial charge is 0.257 e. The standard InChI is InChI=1S/C12H14N2OS/c1-2-6-11-10(5-1)14-12(15-11)16-9-4-3-7-13-8-9/h1-2,5-6,9,13H,3-4,7-8H2. The number of benzene rings is 1. The molecule has 2 aromatic rings. The molecule has 84 valence electrons. The summed E-state index contributed by atoms with van der Waals surface area (Å²) in [7, 11) is 0. The first-order valence-electron chi connectivity index (χ1n) is 5.65. The van der Waals surface area contributed by atoms with Gasteiger partial charge < -0.3 is 9.73 Å². The molecule has 1 fully saturated rings.